The highest BCUT2D eigenvalue weighted by atomic mass is 32.1. The van der Waals surface area contributed by atoms with E-state index in [0.717, 1.165) is 17.7 Å². The number of urea groups is 1. The topological polar surface area (TPSA) is 114 Å². The Morgan fingerprint density at radius 3 is 2.55 bits per heavy atom. The van der Waals surface area contributed by atoms with Crippen molar-refractivity contribution in [1.82, 2.24) is 10.6 Å². The van der Waals surface area contributed by atoms with Crippen LogP contribution >= 0.6 is 11.3 Å². The van der Waals surface area contributed by atoms with E-state index in [1.54, 1.807) is 23.1 Å². The predicted octanol–water partition coefficient (Wildman–Crippen LogP) is 2.95. The number of nitrogens with zero attached hydrogens (tertiary/aromatic N) is 1. The zero-order chi connectivity index (χ0) is 22.4. The molecule has 4 amide bonds. The second-order valence-electron chi connectivity index (χ2n) is 7.38. The average Bonchev–Trinajstić information content (AvgIpc) is 3.30. The van der Waals surface area contributed by atoms with E-state index in [2.05, 4.69) is 10.6 Å². The number of hydrogen-bond donors (Lipinski definition) is 3. The van der Waals surface area contributed by atoms with Gasteiger partial charge in [0.05, 0.1) is 24.7 Å². The Morgan fingerprint density at radius 1 is 1.16 bits per heavy atom. The van der Waals surface area contributed by atoms with E-state index in [4.69, 9.17) is 10.5 Å². The summed E-state index contributed by atoms with van der Waals surface area (Å²) in [5.74, 6) is -0.00312. The highest BCUT2D eigenvalue weighted by Crippen LogP contribution is 2.34. The van der Waals surface area contributed by atoms with Crippen molar-refractivity contribution in [2.75, 3.05) is 11.4 Å². The van der Waals surface area contributed by atoms with Crippen molar-refractivity contribution in [3.63, 3.8) is 0 Å². The summed E-state index contributed by atoms with van der Waals surface area (Å²) in [7, 11) is 0. The van der Waals surface area contributed by atoms with Gasteiger partial charge in [0.2, 0.25) is 5.91 Å². The lowest BCUT2D eigenvalue weighted by Gasteiger charge is -2.35. The summed E-state index contributed by atoms with van der Waals surface area (Å²) in [6, 6.07) is 9.64. The number of carbonyl (C=O) groups is 3. The highest BCUT2D eigenvalue weighted by molar-refractivity contribution is 7.10. The van der Waals surface area contributed by atoms with Crippen LogP contribution in [-0.4, -0.2) is 36.5 Å². The summed E-state index contributed by atoms with van der Waals surface area (Å²) < 4.78 is 5.91. The van der Waals surface area contributed by atoms with Gasteiger partial charge in [-0.1, -0.05) is 32.0 Å². The van der Waals surface area contributed by atoms with E-state index in [0.29, 0.717) is 11.4 Å². The molecule has 0 radical (unpaired) electrons. The maximum absolute atomic E-state index is 13.3. The van der Waals surface area contributed by atoms with Crippen LogP contribution in [0.25, 0.3) is 0 Å². The van der Waals surface area contributed by atoms with Crippen molar-refractivity contribution < 1.29 is 19.1 Å². The zero-order valence-electron chi connectivity index (χ0n) is 17.7. The molecule has 3 rings (SSSR count). The first-order valence-corrected chi connectivity index (χ1v) is 11.3. The molecule has 0 saturated carbocycles. The summed E-state index contributed by atoms with van der Waals surface area (Å²) >= 11 is 1.43. The van der Waals surface area contributed by atoms with Gasteiger partial charge < -0.3 is 26.0 Å². The van der Waals surface area contributed by atoms with E-state index >= 15 is 0 Å². The van der Waals surface area contributed by atoms with Crippen LogP contribution in [0.2, 0.25) is 0 Å². The molecule has 0 bridgehead atoms. The van der Waals surface area contributed by atoms with Gasteiger partial charge in [-0.3, -0.25) is 9.59 Å². The number of thiophene rings is 1. The largest absolute Gasteiger partial charge is 0.477 e. The van der Waals surface area contributed by atoms with Gasteiger partial charge in [0.25, 0.3) is 5.91 Å². The van der Waals surface area contributed by atoms with E-state index in [9.17, 15) is 14.4 Å². The average molecular weight is 445 g/mol. The Kier molecular flexibility index (Phi) is 7.51. The Bertz CT molecular complexity index is 914. The van der Waals surface area contributed by atoms with E-state index < -0.39 is 18.2 Å². The molecule has 0 saturated heterocycles. The van der Waals surface area contributed by atoms with Crippen LogP contribution in [0, 0.1) is 0 Å². The number of rotatable bonds is 8. The van der Waals surface area contributed by atoms with Gasteiger partial charge in [0.1, 0.15) is 5.75 Å². The number of fused-ring (bicyclic) bond motifs is 1. The number of carbonyl (C=O) groups excluding carboxylic acids is 3. The van der Waals surface area contributed by atoms with Crippen molar-refractivity contribution in [2.24, 2.45) is 5.73 Å². The third kappa shape index (κ3) is 5.55. The fourth-order valence-electron chi connectivity index (χ4n) is 3.56. The molecule has 8 nitrogen and oxygen atoms in total. The lowest BCUT2D eigenvalue weighted by atomic mass is 10.1. The van der Waals surface area contributed by atoms with Gasteiger partial charge in [-0.05, 0) is 36.4 Å². The number of primary amides is 1. The van der Waals surface area contributed by atoms with E-state index in [1.165, 1.54) is 11.3 Å². The first kappa shape index (κ1) is 22.6. The molecule has 2 heterocycles. The van der Waals surface area contributed by atoms with Gasteiger partial charge >= 0.3 is 6.03 Å². The van der Waals surface area contributed by atoms with E-state index in [-0.39, 0.29) is 30.8 Å². The Balaban J connectivity index is 1.81. The molecule has 0 aliphatic carbocycles. The van der Waals surface area contributed by atoms with Gasteiger partial charge in [0, 0.05) is 10.9 Å². The molecule has 4 N–H and O–H groups in total. The number of hydrogen-bond acceptors (Lipinski definition) is 5. The maximum Gasteiger partial charge on any atom is 0.312 e. The number of anilines is 1. The Labute approximate surface area is 185 Å². The van der Waals surface area contributed by atoms with Crippen LogP contribution in [0.15, 0.2) is 41.8 Å². The number of nitrogens with two attached hydrogens (primary N) is 1. The molecule has 166 valence electrons. The van der Waals surface area contributed by atoms with Crippen molar-refractivity contribution >= 4 is 34.9 Å². The molecule has 2 atom stereocenters. The summed E-state index contributed by atoms with van der Waals surface area (Å²) in [6.45, 7) is 4.12. The van der Waals surface area contributed by atoms with Crippen LogP contribution in [0.5, 0.6) is 5.75 Å². The first-order valence-electron chi connectivity index (χ1n) is 10.4. The number of para-hydroxylation sites is 2. The predicted molar refractivity (Wildman–Crippen MR) is 120 cm³/mol. The smallest absolute Gasteiger partial charge is 0.312 e. The summed E-state index contributed by atoms with van der Waals surface area (Å²) in [5, 5.41) is 7.51. The lowest BCUT2D eigenvalue weighted by Crippen LogP contribution is -2.52. The Morgan fingerprint density at radius 2 is 1.90 bits per heavy atom. The molecule has 31 heavy (non-hydrogen) atoms. The van der Waals surface area contributed by atoms with Crippen molar-refractivity contribution in [3.8, 4) is 5.75 Å². The summed E-state index contributed by atoms with van der Waals surface area (Å²) in [4.78, 5) is 40.0. The third-order valence-electron chi connectivity index (χ3n) is 5.28. The number of amides is 4. The van der Waals surface area contributed by atoms with Crippen LogP contribution in [0.1, 0.15) is 44.0 Å². The molecule has 2 aromatic rings. The third-order valence-corrected chi connectivity index (χ3v) is 6.27. The first-order chi connectivity index (χ1) is 14.9. The lowest BCUT2D eigenvalue weighted by molar-refractivity contribution is -0.129. The minimum atomic E-state index is -0.816. The van der Waals surface area contributed by atoms with E-state index in [1.807, 2.05) is 37.4 Å². The second kappa shape index (κ2) is 10.3. The monoisotopic (exact) mass is 444 g/mol. The maximum atomic E-state index is 13.3. The molecule has 2 unspecified atom stereocenters. The molecule has 0 fully saturated rings. The highest BCUT2D eigenvalue weighted by Gasteiger charge is 2.35. The van der Waals surface area contributed by atoms with Crippen LogP contribution in [0.4, 0.5) is 10.5 Å². The molecule has 1 aliphatic heterocycles. The summed E-state index contributed by atoms with van der Waals surface area (Å²) in [6.07, 6.45) is 0.826. The van der Waals surface area contributed by atoms with Gasteiger partial charge in [-0.15, -0.1) is 11.3 Å². The quantitative estimate of drug-likeness (QED) is 0.581. The van der Waals surface area contributed by atoms with Crippen molar-refractivity contribution in [1.29, 1.82) is 0 Å². The molecule has 1 aromatic heterocycles. The van der Waals surface area contributed by atoms with Crippen LogP contribution < -0.4 is 26.0 Å². The minimum absolute atomic E-state index is 0.0126. The van der Waals surface area contributed by atoms with Crippen molar-refractivity contribution in [2.45, 2.75) is 51.3 Å². The molecule has 1 aromatic carbocycles. The van der Waals surface area contributed by atoms with Gasteiger partial charge in [0.15, 0.2) is 6.10 Å². The van der Waals surface area contributed by atoms with Crippen molar-refractivity contribution in [3.05, 3.63) is 46.7 Å². The standard InChI is InChI=1S/C22H28N4O4S/c1-3-14(4-2)24-21(28)18-13-26(16-8-5-6-9-17(16)30-18)20(27)12-15(25-22(23)29)19-10-7-11-31-19/h5-11,14-15,18H,3-4,12-13H2,1-2H3,(H,24,28)(H3,23,25,29). The summed E-state index contributed by atoms with van der Waals surface area (Å²) in [5.41, 5.74) is 5.92. The number of nitrogens with one attached hydrogen (secondary N) is 2. The minimum Gasteiger partial charge on any atom is -0.477 e. The fourth-order valence-corrected chi connectivity index (χ4v) is 4.34. The molecular weight excluding hydrogens is 416 g/mol. The molecule has 1 aliphatic rings. The van der Waals surface area contributed by atoms with Gasteiger partial charge in [-0.2, -0.15) is 0 Å². The number of ether oxygens (including phenoxy) is 1. The SMILES string of the molecule is CCC(CC)NC(=O)C1CN(C(=O)CC(NC(N)=O)c2cccs2)c2ccccc2O1. The number of benzene rings is 1. The van der Waals surface area contributed by atoms with Gasteiger partial charge in [-0.25, -0.2) is 4.79 Å². The Hall–Kier alpha value is -3.07. The zero-order valence-corrected chi connectivity index (χ0v) is 18.5. The van der Waals surface area contributed by atoms with Crippen LogP contribution in [-0.2, 0) is 9.59 Å². The molecule has 0 spiro atoms. The van der Waals surface area contributed by atoms with Crippen LogP contribution in [0.3, 0.4) is 0 Å². The fraction of sp³-hybridized carbons (Fsp3) is 0.409. The molecule has 9 heteroatoms. The normalized spacial score (nSPS) is 16.2. The molecular formula is C22H28N4O4S. The second-order valence-corrected chi connectivity index (χ2v) is 8.36.